The number of anilines is 4. The molecule has 6 N–H and O–H groups in total. The number of fused-ring (bicyclic) bond motifs is 2. The number of ketones is 1. The second kappa shape index (κ2) is 14.1. The molecule has 8 rings (SSSR count). The predicted octanol–water partition coefficient (Wildman–Crippen LogP) is 4.55. The molecule has 0 unspecified atom stereocenters. The molecule has 16 nitrogen and oxygen atoms in total. The van der Waals surface area contributed by atoms with E-state index in [0.717, 1.165) is 11.1 Å². The largest absolute Gasteiger partial charge is 0.494 e. The van der Waals surface area contributed by atoms with Crippen LogP contribution in [0.15, 0.2) is 118 Å². The zero-order valence-corrected chi connectivity index (χ0v) is 28.9. The standard InChI is InChI=1S/C19H16N6O6S.C18H12N2O2/c1-25-9-14(26)11-7-6-10(8-12(11)16(25)27)20-17-22-18(24-19(28)23-17)21-13-4-2-3-5-15(13)32(29,30)31;21-17-13-14(16(20-17)12-9-5-2-6-10-12)18(22)19-15(13)11-7-3-1-4-8-11/h2-8H,9H2,1H3,(H,29,30,31)(H3,20,21,22,23,24,28);1-10,19,22H. The van der Waals surface area contributed by atoms with Crippen LogP contribution >= 0.6 is 0 Å². The summed E-state index contributed by atoms with van der Waals surface area (Å²) in [5.74, 6) is -1.15. The van der Waals surface area contributed by atoms with Crippen LogP contribution in [0, 0.1) is 0 Å². The van der Waals surface area contributed by atoms with Crippen molar-refractivity contribution < 1.29 is 32.5 Å². The SMILES string of the molecule is CN1CC(=O)c2ccc(Nc3nc(Nc4ccccc4S(=O)(=O)O)nc(=O)[nH]3)cc2C1=O.O=C1N=C(c2ccccc2)c2c(O)[nH]c(-c3ccccc3)c21. The molecule has 54 heavy (non-hydrogen) atoms. The molecule has 0 saturated heterocycles. The summed E-state index contributed by atoms with van der Waals surface area (Å²) in [6, 6.07) is 28.8. The fourth-order valence-electron chi connectivity index (χ4n) is 5.94. The van der Waals surface area contributed by atoms with Gasteiger partial charge in [-0.15, -0.1) is 0 Å². The predicted molar refractivity (Wildman–Crippen MR) is 198 cm³/mol. The first-order valence-corrected chi connectivity index (χ1v) is 17.5. The lowest BCUT2D eigenvalue weighted by atomic mass is 9.97. The van der Waals surface area contributed by atoms with Crippen molar-refractivity contribution in [1.29, 1.82) is 0 Å². The lowest BCUT2D eigenvalue weighted by Gasteiger charge is -2.24. The lowest BCUT2D eigenvalue weighted by Crippen LogP contribution is -2.38. The summed E-state index contributed by atoms with van der Waals surface area (Å²) in [5, 5.41) is 15.7. The number of hydrogen-bond acceptors (Lipinski definition) is 11. The normalized spacial score (nSPS) is 13.4. The Bertz CT molecular complexity index is 2680. The second-order valence-corrected chi connectivity index (χ2v) is 13.4. The van der Waals surface area contributed by atoms with Gasteiger partial charge in [0.05, 0.1) is 40.3 Å². The van der Waals surface area contributed by atoms with Crippen molar-refractivity contribution in [3.8, 4) is 17.1 Å². The number of likely N-dealkylation sites (N-methyl/N-ethyl adjacent to an activating group) is 1. The molecule has 2 aliphatic rings. The van der Waals surface area contributed by atoms with E-state index in [2.05, 4.69) is 35.6 Å². The summed E-state index contributed by atoms with van der Waals surface area (Å²) in [7, 11) is -3.01. The van der Waals surface area contributed by atoms with Crippen LogP contribution in [-0.4, -0.2) is 79.8 Å². The highest BCUT2D eigenvalue weighted by Crippen LogP contribution is 2.37. The van der Waals surface area contributed by atoms with Crippen LogP contribution in [0.4, 0.5) is 23.3 Å². The van der Waals surface area contributed by atoms with E-state index in [4.69, 9.17) is 0 Å². The maximum absolute atomic E-state index is 12.4. The molecule has 6 aromatic rings. The van der Waals surface area contributed by atoms with Gasteiger partial charge in [0.1, 0.15) is 4.90 Å². The van der Waals surface area contributed by atoms with Gasteiger partial charge in [-0.3, -0.25) is 23.9 Å². The summed E-state index contributed by atoms with van der Waals surface area (Å²) in [5.41, 5.74) is 3.75. The zero-order valence-electron chi connectivity index (χ0n) is 28.1. The monoisotopic (exact) mass is 744 g/mol. The lowest BCUT2D eigenvalue weighted by molar-refractivity contribution is 0.0719. The summed E-state index contributed by atoms with van der Waals surface area (Å²) >= 11 is 0. The molecule has 0 aliphatic carbocycles. The van der Waals surface area contributed by atoms with Gasteiger partial charge in [-0.25, -0.2) is 9.79 Å². The van der Waals surface area contributed by atoms with E-state index < -0.39 is 20.7 Å². The number of rotatable bonds is 7. The molecule has 2 amide bonds. The first kappa shape index (κ1) is 35.2. The van der Waals surface area contributed by atoms with Crippen LogP contribution in [0.25, 0.3) is 11.3 Å². The van der Waals surface area contributed by atoms with Crippen molar-refractivity contribution in [3.63, 3.8) is 0 Å². The van der Waals surface area contributed by atoms with Crippen molar-refractivity contribution in [2.75, 3.05) is 24.2 Å². The number of amides is 2. The Morgan fingerprint density at radius 2 is 1.43 bits per heavy atom. The Kier molecular flexibility index (Phi) is 9.16. The maximum Gasteiger partial charge on any atom is 0.351 e. The number of carbonyl (C=O) groups excluding carboxylic acids is 3. The highest BCUT2D eigenvalue weighted by atomic mass is 32.2. The van der Waals surface area contributed by atoms with Gasteiger partial charge in [-0.1, -0.05) is 72.8 Å². The Balaban J connectivity index is 0.000000178. The quantitative estimate of drug-likeness (QED) is 0.124. The van der Waals surface area contributed by atoms with Crippen LogP contribution in [-0.2, 0) is 10.1 Å². The van der Waals surface area contributed by atoms with E-state index in [0.29, 0.717) is 33.8 Å². The number of hydrogen-bond donors (Lipinski definition) is 6. The fourth-order valence-corrected chi connectivity index (χ4v) is 6.59. The molecule has 2 aliphatic heterocycles. The molecule has 17 heteroatoms. The number of Topliss-reactive ketones (excluding diaryl/α,β-unsaturated/α-hetero) is 1. The number of aromatic nitrogens is 4. The number of H-pyrrole nitrogens is 2. The molecule has 4 aromatic carbocycles. The Labute approximate surface area is 306 Å². The average molecular weight is 745 g/mol. The average Bonchev–Trinajstić information content (AvgIpc) is 3.68. The number of aliphatic imine (C=N–C) groups is 1. The molecule has 4 heterocycles. The third-order valence-corrected chi connectivity index (χ3v) is 9.27. The van der Waals surface area contributed by atoms with E-state index in [-0.39, 0.29) is 53.2 Å². The molecule has 2 aromatic heterocycles. The van der Waals surface area contributed by atoms with Crippen molar-refractivity contribution in [1.82, 2.24) is 24.8 Å². The highest BCUT2D eigenvalue weighted by Gasteiger charge is 2.33. The molecule has 270 valence electrons. The second-order valence-electron chi connectivity index (χ2n) is 12.0. The Morgan fingerprint density at radius 3 is 2.13 bits per heavy atom. The van der Waals surface area contributed by atoms with Crippen molar-refractivity contribution in [2.45, 2.75) is 4.90 Å². The number of nitrogens with zero attached hydrogens (tertiary/aromatic N) is 4. The van der Waals surface area contributed by atoms with Crippen molar-refractivity contribution in [3.05, 3.63) is 141 Å². The molecule has 0 fully saturated rings. The first-order valence-electron chi connectivity index (χ1n) is 16.1. The number of para-hydroxylation sites is 1. The number of aromatic amines is 2. The van der Waals surface area contributed by atoms with Gasteiger partial charge in [-0.2, -0.15) is 18.4 Å². The van der Waals surface area contributed by atoms with Gasteiger partial charge in [0.2, 0.25) is 11.9 Å². The van der Waals surface area contributed by atoms with Gasteiger partial charge < -0.3 is 25.6 Å². The molecular formula is C37H28N8O8S. The molecule has 0 radical (unpaired) electrons. The zero-order chi connectivity index (χ0) is 38.1. The van der Waals surface area contributed by atoms with Gasteiger partial charge >= 0.3 is 5.69 Å². The van der Waals surface area contributed by atoms with Crippen molar-refractivity contribution in [2.24, 2.45) is 4.99 Å². The molecule has 0 saturated carbocycles. The smallest absolute Gasteiger partial charge is 0.351 e. The maximum atomic E-state index is 12.4. The summed E-state index contributed by atoms with van der Waals surface area (Å²) in [4.78, 5) is 66.8. The number of nitrogens with one attached hydrogen (secondary N) is 4. The topological polar surface area (TPSA) is 240 Å². The Morgan fingerprint density at radius 1 is 0.759 bits per heavy atom. The minimum absolute atomic E-state index is 0.00208. The molecule has 0 spiro atoms. The van der Waals surface area contributed by atoms with E-state index in [9.17, 15) is 37.3 Å². The highest BCUT2D eigenvalue weighted by molar-refractivity contribution is 7.86. The van der Waals surface area contributed by atoms with E-state index >= 15 is 0 Å². The minimum atomic E-state index is -4.53. The van der Waals surface area contributed by atoms with Crippen LogP contribution < -0.4 is 16.3 Å². The van der Waals surface area contributed by atoms with Gasteiger partial charge in [-0.05, 0) is 35.9 Å². The van der Waals surface area contributed by atoms with Crippen LogP contribution in [0.5, 0.6) is 5.88 Å². The van der Waals surface area contributed by atoms with Gasteiger partial charge in [0.25, 0.3) is 21.9 Å². The third kappa shape index (κ3) is 6.99. The molecular weight excluding hydrogens is 717 g/mol. The van der Waals surface area contributed by atoms with Crippen molar-refractivity contribution >= 4 is 56.7 Å². The van der Waals surface area contributed by atoms with Gasteiger partial charge in [0, 0.05) is 23.9 Å². The van der Waals surface area contributed by atoms with E-state index in [1.807, 2.05) is 60.7 Å². The number of carbonyl (C=O) groups is 3. The first-order chi connectivity index (χ1) is 25.9. The number of aromatic hydroxyl groups is 1. The van der Waals surface area contributed by atoms with E-state index in [1.54, 1.807) is 6.07 Å². The fraction of sp³-hybridized carbons (Fsp3) is 0.0541. The van der Waals surface area contributed by atoms with E-state index in [1.165, 1.54) is 48.3 Å². The summed E-state index contributed by atoms with van der Waals surface area (Å²) in [6.45, 7) is -0.00208. The summed E-state index contributed by atoms with van der Waals surface area (Å²) < 4.78 is 32.5. The van der Waals surface area contributed by atoms with Crippen LogP contribution in [0.3, 0.4) is 0 Å². The third-order valence-electron chi connectivity index (χ3n) is 8.36. The minimum Gasteiger partial charge on any atom is -0.494 e. The summed E-state index contributed by atoms with van der Waals surface area (Å²) in [6.07, 6.45) is 0. The van der Waals surface area contributed by atoms with Gasteiger partial charge in [0.15, 0.2) is 11.7 Å². The van der Waals surface area contributed by atoms with Crippen LogP contribution in [0.1, 0.15) is 42.2 Å². The van der Waals surface area contributed by atoms with Crippen LogP contribution in [0.2, 0.25) is 0 Å². The molecule has 0 atom stereocenters. The molecule has 0 bridgehead atoms. The number of benzene rings is 4. The Hall–Kier alpha value is -7.24.